The van der Waals surface area contributed by atoms with Gasteiger partial charge in [0.25, 0.3) is 0 Å². The van der Waals surface area contributed by atoms with E-state index in [1.807, 2.05) is 51.1 Å². The monoisotopic (exact) mass is 311 g/mol. The fraction of sp³-hybridized carbons (Fsp3) is 0.438. The van der Waals surface area contributed by atoms with Gasteiger partial charge in [-0.15, -0.1) is 11.6 Å². The topological polar surface area (TPSA) is 47.6 Å². The second kappa shape index (κ2) is 7.93. The first-order valence-electron chi connectivity index (χ1n) is 6.72. The molecule has 116 valence electrons. The average Bonchev–Trinajstić information content (AvgIpc) is 2.41. The van der Waals surface area contributed by atoms with Crippen LogP contribution in [0.3, 0.4) is 0 Å². The van der Waals surface area contributed by atoms with E-state index in [2.05, 4.69) is 5.32 Å². The van der Waals surface area contributed by atoms with Gasteiger partial charge < -0.3 is 14.8 Å². The maximum atomic E-state index is 11.5. The SMILES string of the molecule is COc1ccc(C=CCNC(=O)OC(C)(C)C)cc1CCl. The lowest BCUT2D eigenvalue weighted by Gasteiger charge is -2.19. The first kappa shape index (κ1) is 17.4. The number of halogens is 1. The third-order valence-corrected chi connectivity index (χ3v) is 2.81. The first-order chi connectivity index (χ1) is 9.85. The van der Waals surface area contributed by atoms with Crippen molar-refractivity contribution in [3.63, 3.8) is 0 Å². The molecule has 0 heterocycles. The fourth-order valence-electron chi connectivity index (χ4n) is 1.66. The number of ether oxygens (including phenoxy) is 2. The molecule has 0 unspecified atom stereocenters. The minimum absolute atomic E-state index is 0.390. The molecule has 0 aromatic heterocycles. The van der Waals surface area contributed by atoms with Gasteiger partial charge in [-0.1, -0.05) is 18.2 Å². The zero-order chi connectivity index (χ0) is 15.9. The van der Waals surface area contributed by atoms with Crippen molar-refractivity contribution in [3.05, 3.63) is 35.4 Å². The molecule has 0 saturated carbocycles. The Morgan fingerprint density at radius 2 is 2.10 bits per heavy atom. The van der Waals surface area contributed by atoms with Crippen molar-refractivity contribution in [3.8, 4) is 5.75 Å². The van der Waals surface area contributed by atoms with Crippen molar-refractivity contribution in [2.24, 2.45) is 0 Å². The van der Waals surface area contributed by atoms with E-state index in [4.69, 9.17) is 21.1 Å². The molecule has 0 aliphatic carbocycles. The van der Waals surface area contributed by atoms with Crippen LogP contribution in [-0.2, 0) is 10.6 Å². The van der Waals surface area contributed by atoms with Crippen LogP contribution in [0.1, 0.15) is 31.9 Å². The van der Waals surface area contributed by atoms with E-state index in [0.717, 1.165) is 16.9 Å². The van der Waals surface area contributed by atoms with Gasteiger partial charge in [-0.05, 0) is 38.5 Å². The normalized spacial score (nSPS) is 11.5. The van der Waals surface area contributed by atoms with Crippen molar-refractivity contribution < 1.29 is 14.3 Å². The van der Waals surface area contributed by atoms with Crippen LogP contribution in [-0.4, -0.2) is 25.3 Å². The van der Waals surface area contributed by atoms with E-state index in [-0.39, 0.29) is 0 Å². The van der Waals surface area contributed by atoms with Crippen LogP contribution in [0.2, 0.25) is 0 Å². The maximum Gasteiger partial charge on any atom is 0.407 e. The Kier molecular flexibility index (Phi) is 6.56. The summed E-state index contributed by atoms with van der Waals surface area (Å²) in [5.74, 6) is 1.16. The minimum Gasteiger partial charge on any atom is -0.496 e. The molecule has 0 aliphatic heterocycles. The van der Waals surface area contributed by atoms with Crippen LogP contribution in [0, 0.1) is 0 Å². The van der Waals surface area contributed by atoms with Crippen molar-refractivity contribution >= 4 is 23.8 Å². The predicted octanol–water partition coefficient (Wildman–Crippen LogP) is 3.97. The molecular formula is C16H22ClNO3. The van der Waals surface area contributed by atoms with E-state index >= 15 is 0 Å². The van der Waals surface area contributed by atoms with Crippen molar-refractivity contribution in [1.29, 1.82) is 0 Å². The number of amides is 1. The summed E-state index contributed by atoms with van der Waals surface area (Å²) in [6.07, 6.45) is 3.33. The predicted molar refractivity (Wildman–Crippen MR) is 85.8 cm³/mol. The van der Waals surface area contributed by atoms with E-state index in [9.17, 15) is 4.79 Å². The molecule has 1 N–H and O–H groups in total. The van der Waals surface area contributed by atoms with Crippen LogP contribution in [0.15, 0.2) is 24.3 Å². The Morgan fingerprint density at radius 3 is 2.67 bits per heavy atom. The van der Waals surface area contributed by atoms with Crippen LogP contribution < -0.4 is 10.1 Å². The van der Waals surface area contributed by atoms with Gasteiger partial charge in [0, 0.05) is 12.1 Å². The van der Waals surface area contributed by atoms with E-state index in [1.54, 1.807) is 7.11 Å². The number of carbonyl (C=O) groups is 1. The van der Waals surface area contributed by atoms with Crippen molar-refractivity contribution in [2.75, 3.05) is 13.7 Å². The zero-order valence-electron chi connectivity index (χ0n) is 12.9. The molecule has 4 nitrogen and oxygen atoms in total. The fourth-order valence-corrected chi connectivity index (χ4v) is 1.87. The molecule has 0 bridgehead atoms. The standard InChI is InChI=1S/C16H22ClNO3/c1-16(2,3)21-15(19)18-9-5-6-12-7-8-14(20-4)13(10-12)11-17/h5-8,10H,9,11H2,1-4H3,(H,18,19). The van der Waals surface area contributed by atoms with Gasteiger partial charge in [-0.25, -0.2) is 4.79 Å². The smallest absolute Gasteiger partial charge is 0.407 e. The Hall–Kier alpha value is -1.68. The summed E-state index contributed by atoms with van der Waals surface area (Å²) in [5.41, 5.74) is 1.44. The largest absolute Gasteiger partial charge is 0.496 e. The Labute approximate surface area is 131 Å². The molecule has 0 atom stereocenters. The lowest BCUT2D eigenvalue weighted by molar-refractivity contribution is 0.0534. The molecule has 5 heteroatoms. The number of hydrogen-bond acceptors (Lipinski definition) is 3. The number of nitrogens with one attached hydrogen (secondary N) is 1. The van der Waals surface area contributed by atoms with Crippen molar-refractivity contribution in [1.82, 2.24) is 5.32 Å². The Bertz CT molecular complexity index is 507. The third kappa shape index (κ3) is 6.54. The maximum absolute atomic E-state index is 11.5. The minimum atomic E-state index is -0.487. The second-order valence-corrected chi connectivity index (χ2v) is 5.76. The number of alkyl halides is 1. The highest BCUT2D eigenvalue weighted by Gasteiger charge is 2.14. The molecule has 0 saturated heterocycles. The summed E-state index contributed by atoms with van der Waals surface area (Å²) in [4.78, 5) is 11.5. The summed E-state index contributed by atoms with van der Waals surface area (Å²) < 4.78 is 10.4. The van der Waals surface area contributed by atoms with Gasteiger partial charge >= 0.3 is 6.09 Å². The zero-order valence-corrected chi connectivity index (χ0v) is 13.7. The van der Waals surface area contributed by atoms with Crippen molar-refractivity contribution in [2.45, 2.75) is 32.3 Å². The summed E-state index contributed by atoms with van der Waals surface area (Å²) in [6.45, 7) is 5.88. The lowest BCUT2D eigenvalue weighted by Crippen LogP contribution is -2.32. The van der Waals surface area contributed by atoms with Gasteiger partial charge in [0.2, 0.25) is 0 Å². The summed E-state index contributed by atoms with van der Waals surface area (Å²) in [5, 5.41) is 2.66. The number of hydrogen-bond donors (Lipinski definition) is 1. The molecule has 0 fully saturated rings. The van der Waals surface area contributed by atoms with Gasteiger partial charge in [0.1, 0.15) is 11.4 Å². The van der Waals surface area contributed by atoms with Crippen LogP contribution >= 0.6 is 11.6 Å². The highest BCUT2D eigenvalue weighted by molar-refractivity contribution is 6.17. The van der Waals surface area contributed by atoms with Crippen LogP contribution in [0.25, 0.3) is 6.08 Å². The molecular weight excluding hydrogens is 290 g/mol. The Morgan fingerprint density at radius 1 is 1.38 bits per heavy atom. The molecule has 0 radical (unpaired) electrons. The quantitative estimate of drug-likeness (QED) is 0.837. The van der Waals surface area contributed by atoms with E-state index in [0.29, 0.717) is 12.4 Å². The number of carbonyl (C=O) groups excluding carboxylic acids is 1. The van der Waals surface area contributed by atoms with E-state index in [1.165, 1.54) is 0 Å². The van der Waals surface area contributed by atoms with Crippen LogP contribution in [0.5, 0.6) is 5.75 Å². The number of benzene rings is 1. The molecule has 0 aliphatic rings. The lowest BCUT2D eigenvalue weighted by atomic mass is 10.1. The van der Waals surface area contributed by atoms with Gasteiger partial charge in [0.15, 0.2) is 0 Å². The molecule has 21 heavy (non-hydrogen) atoms. The number of alkyl carbamates (subject to hydrolysis) is 1. The molecule has 1 rings (SSSR count). The summed E-state index contributed by atoms with van der Waals surface area (Å²) >= 11 is 5.87. The third-order valence-electron chi connectivity index (χ3n) is 2.52. The Balaban J connectivity index is 2.52. The van der Waals surface area contributed by atoms with E-state index < -0.39 is 11.7 Å². The van der Waals surface area contributed by atoms with Gasteiger partial charge in [-0.3, -0.25) is 0 Å². The van der Waals surface area contributed by atoms with Crippen LogP contribution in [0.4, 0.5) is 4.79 Å². The molecule has 0 spiro atoms. The highest BCUT2D eigenvalue weighted by Crippen LogP contribution is 2.22. The first-order valence-corrected chi connectivity index (χ1v) is 7.25. The molecule has 1 aromatic carbocycles. The second-order valence-electron chi connectivity index (χ2n) is 5.49. The van der Waals surface area contributed by atoms with Gasteiger partial charge in [-0.2, -0.15) is 0 Å². The van der Waals surface area contributed by atoms with Gasteiger partial charge in [0.05, 0.1) is 13.0 Å². The molecule has 1 amide bonds. The number of rotatable bonds is 5. The average molecular weight is 312 g/mol. The summed E-state index contributed by atoms with van der Waals surface area (Å²) in [6, 6.07) is 5.76. The molecule has 1 aromatic rings. The summed E-state index contributed by atoms with van der Waals surface area (Å²) in [7, 11) is 1.62. The number of methoxy groups -OCH3 is 1. The highest BCUT2D eigenvalue weighted by atomic mass is 35.5.